The lowest BCUT2D eigenvalue weighted by atomic mass is 9.91. The molecule has 1 heterocycles. The maximum atomic E-state index is 12.1. The summed E-state index contributed by atoms with van der Waals surface area (Å²) in [4.78, 5) is 23.6. The number of aliphatic hydroxyl groups is 3. The molecule has 1 aliphatic heterocycles. The molecule has 35 heavy (non-hydrogen) atoms. The summed E-state index contributed by atoms with van der Waals surface area (Å²) >= 11 is 0. The van der Waals surface area contributed by atoms with Crippen molar-refractivity contribution in [1.82, 2.24) is 0 Å². The first-order valence-electron chi connectivity index (χ1n) is 13.3. The minimum absolute atomic E-state index is 0.0655. The summed E-state index contributed by atoms with van der Waals surface area (Å²) in [5.41, 5.74) is 1.22. The molecule has 0 radical (unpaired) electrons. The average molecular weight is 497 g/mol. The van der Waals surface area contributed by atoms with Crippen molar-refractivity contribution in [1.29, 1.82) is 0 Å². The molecule has 0 bridgehead atoms. The van der Waals surface area contributed by atoms with E-state index in [2.05, 4.69) is 34.6 Å². The quantitative estimate of drug-likeness (QED) is 0.164. The van der Waals surface area contributed by atoms with Gasteiger partial charge in [-0.3, -0.25) is 4.79 Å². The summed E-state index contributed by atoms with van der Waals surface area (Å²) < 4.78 is 9.80. The van der Waals surface area contributed by atoms with E-state index in [1.807, 2.05) is 6.08 Å². The van der Waals surface area contributed by atoms with E-state index < -0.39 is 42.3 Å². The SMILES string of the molecule is CC(=CCCC(=O)OC1=C(O)C(=O)O[C@@H]1[C@@H](O)CO)CCCC(C)CCCC(C)CCCC(C)C. The molecule has 0 spiro atoms. The number of hydrogen-bond donors (Lipinski definition) is 3. The van der Waals surface area contributed by atoms with E-state index in [1.165, 1.54) is 50.5 Å². The number of rotatable bonds is 18. The number of carbonyl (C=O) groups excluding carboxylic acids is 2. The predicted octanol–water partition coefficient (Wildman–Crippen LogP) is 5.74. The van der Waals surface area contributed by atoms with Crippen molar-refractivity contribution < 1.29 is 34.4 Å². The largest absolute Gasteiger partial charge is 0.499 e. The molecule has 4 atom stereocenters. The molecule has 2 unspecified atom stereocenters. The monoisotopic (exact) mass is 496 g/mol. The Morgan fingerprint density at radius 1 is 1.00 bits per heavy atom. The van der Waals surface area contributed by atoms with Gasteiger partial charge >= 0.3 is 11.9 Å². The van der Waals surface area contributed by atoms with Crippen molar-refractivity contribution >= 4 is 11.9 Å². The second-order valence-corrected chi connectivity index (χ2v) is 10.7. The standard InChI is InChI=1S/C28H48O7/c1-19(2)10-6-11-20(3)12-7-13-21(4)14-8-15-22(5)16-9-17-24(31)34-27-25(32)28(33)35-26(27)23(30)18-29/h16,19-21,23,26,29-30,32H,6-15,17-18H2,1-5H3/t20?,21?,23-,26+/m0/s1. The average Bonchev–Trinajstić information content (AvgIpc) is 3.06. The lowest BCUT2D eigenvalue weighted by molar-refractivity contribution is -0.151. The van der Waals surface area contributed by atoms with Crippen LogP contribution in [-0.4, -0.2) is 46.1 Å². The maximum absolute atomic E-state index is 12.1. The van der Waals surface area contributed by atoms with Crippen molar-refractivity contribution in [3.63, 3.8) is 0 Å². The van der Waals surface area contributed by atoms with Gasteiger partial charge in [-0.1, -0.05) is 84.3 Å². The number of ether oxygens (including phenoxy) is 2. The Hall–Kier alpha value is -1.86. The van der Waals surface area contributed by atoms with E-state index >= 15 is 0 Å². The Morgan fingerprint density at radius 2 is 1.57 bits per heavy atom. The number of allylic oxidation sites excluding steroid dienone is 2. The van der Waals surface area contributed by atoms with Crippen molar-refractivity contribution in [2.45, 2.75) is 117 Å². The van der Waals surface area contributed by atoms with Crippen LogP contribution in [0.1, 0.15) is 105 Å². The molecule has 0 aromatic rings. The van der Waals surface area contributed by atoms with E-state index in [-0.39, 0.29) is 6.42 Å². The summed E-state index contributed by atoms with van der Waals surface area (Å²) in [5, 5.41) is 28.5. The van der Waals surface area contributed by atoms with Crippen LogP contribution in [0.25, 0.3) is 0 Å². The number of esters is 2. The number of aliphatic hydroxyl groups excluding tert-OH is 3. The number of cyclic esters (lactones) is 1. The normalized spacial score (nSPS) is 19.1. The molecule has 0 saturated carbocycles. The van der Waals surface area contributed by atoms with E-state index in [0.717, 1.165) is 30.6 Å². The zero-order valence-electron chi connectivity index (χ0n) is 22.4. The van der Waals surface area contributed by atoms with Crippen molar-refractivity contribution in [2.75, 3.05) is 6.61 Å². The van der Waals surface area contributed by atoms with Gasteiger partial charge in [-0.2, -0.15) is 0 Å². The van der Waals surface area contributed by atoms with Crippen molar-refractivity contribution in [2.24, 2.45) is 17.8 Å². The smallest absolute Gasteiger partial charge is 0.378 e. The van der Waals surface area contributed by atoms with Crippen LogP contribution in [0, 0.1) is 17.8 Å². The van der Waals surface area contributed by atoms with Crippen LogP contribution in [0.4, 0.5) is 0 Å². The van der Waals surface area contributed by atoms with E-state index in [9.17, 15) is 19.8 Å². The Bertz CT molecular complexity index is 710. The van der Waals surface area contributed by atoms with Crippen LogP contribution in [0.15, 0.2) is 23.2 Å². The van der Waals surface area contributed by atoms with Gasteiger partial charge in [0.1, 0.15) is 6.10 Å². The van der Waals surface area contributed by atoms with Crippen molar-refractivity contribution in [3.8, 4) is 0 Å². The first-order valence-corrected chi connectivity index (χ1v) is 13.3. The summed E-state index contributed by atoms with van der Waals surface area (Å²) in [5.74, 6) is -0.675. The second-order valence-electron chi connectivity index (χ2n) is 10.7. The highest BCUT2D eigenvalue weighted by atomic mass is 16.6. The van der Waals surface area contributed by atoms with Gasteiger partial charge in [0, 0.05) is 6.42 Å². The van der Waals surface area contributed by atoms with Gasteiger partial charge in [0.15, 0.2) is 6.10 Å². The summed E-state index contributed by atoms with van der Waals surface area (Å²) in [7, 11) is 0. The van der Waals surface area contributed by atoms with E-state index in [0.29, 0.717) is 6.42 Å². The fourth-order valence-corrected chi connectivity index (χ4v) is 4.33. The van der Waals surface area contributed by atoms with Crippen LogP contribution >= 0.6 is 0 Å². The van der Waals surface area contributed by atoms with Gasteiger partial charge in [-0.05, 0) is 43.9 Å². The number of carbonyl (C=O) groups is 2. The van der Waals surface area contributed by atoms with Gasteiger partial charge in [0.25, 0.3) is 0 Å². The molecule has 0 aliphatic carbocycles. The molecule has 3 N–H and O–H groups in total. The topological polar surface area (TPSA) is 113 Å². The third-order valence-corrected chi connectivity index (χ3v) is 6.66. The number of hydrogen-bond acceptors (Lipinski definition) is 7. The van der Waals surface area contributed by atoms with Gasteiger partial charge in [0.2, 0.25) is 11.5 Å². The third-order valence-electron chi connectivity index (χ3n) is 6.66. The molecular formula is C28H48O7. The van der Waals surface area contributed by atoms with Gasteiger partial charge in [-0.25, -0.2) is 4.79 Å². The van der Waals surface area contributed by atoms with Crippen LogP contribution in [0.3, 0.4) is 0 Å². The first kappa shape index (κ1) is 31.2. The molecule has 7 heteroatoms. The Kier molecular flexibility index (Phi) is 14.9. The Balaban J connectivity index is 2.23. The van der Waals surface area contributed by atoms with Gasteiger partial charge in [-0.15, -0.1) is 0 Å². The summed E-state index contributed by atoms with van der Waals surface area (Å²) in [6.45, 7) is 10.7. The zero-order chi connectivity index (χ0) is 26.4. The van der Waals surface area contributed by atoms with Gasteiger partial charge in [0.05, 0.1) is 6.61 Å². The highest BCUT2D eigenvalue weighted by Gasteiger charge is 2.41. The lowest BCUT2D eigenvalue weighted by Gasteiger charge is -2.17. The lowest BCUT2D eigenvalue weighted by Crippen LogP contribution is -2.33. The Morgan fingerprint density at radius 3 is 2.14 bits per heavy atom. The van der Waals surface area contributed by atoms with Crippen molar-refractivity contribution in [3.05, 3.63) is 23.2 Å². The maximum Gasteiger partial charge on any atom is 0.378 e. The minimum Gasteiger partial charge on any atom is -0.499 e. The summed E-state index contributed by atoms with van der Waals surface area (Å²) in [6.07, 6.45) is 10.9. The van der Waals surface area contributed by atoms with Crippen LogP contribution < -0.4 is 0 Å². The summed E-state index contributed by atoms with van der Waals surface area (Å²) in [6, 6.07) is 0. The molecule has 1 rings (SSSR count). The fraction of sp³-hybridized carbons (Fsp3) is 0.786. The molecule has 7 nitrogen and oxygen atoms in total. The fourth-order valence-electron chi connectivity index (χ4n) is 4.33. The highest BCUT2D eigenvalue weighted by Crippen LogP contribution is 2.26. The van der Waals surface area contributed by atoms with E-state index in [1.54, 1.807) is 0 Å². The first-order chi connectivity index (χ1) is 16.5. The van der Waals surface area contributed by atoms with E-state index in [4.69, 9.17) is 14.6 Å². The molecule has 0 fully saturated rings. The Labute approximate surface area is 211 Å². The minimum atomic E-state index is -1.48. The molecule has 0 aromatic heterocycles. The zero-order valence-corrected chi connectivity index (χ0v) is 22.4. The third kappa shape index (κ3) is 12.6. The van der Waals surface area contributed by atoms with Crippen LogP contribution in [-0.2, 0) is 19.1 Å². The molecule has 0 saturated heterocycles. The second kappa shape index (κ2) is 16.7. The molecule has 0 aromatic carbocycles. The van der Waals surface area contributed by atoms with Crippen LogP contribution in [0.2, 0.25) is 0 Å². The molecule has 0 amide bonds. The molecular weight excluding hydrogens is 448 g/mol. The van der Waals surface area contributed by atoms with Crippen LogP contribution in [0.5, 0.6) is 0 Å². The molecule has 1 aliphatic rings. The van der Waals surface area contributed by atoms with Gasteiger partial charge < -0.3 is 24.8 Å². The predicted molar refractivity (Wildman–Crippen MR) is 136 cm³/mol. The highest BCUT2D eigenvalue weighted by molar-refractivity contribution is 5.90. The molecule has 202 valence electrons.